The molecule has 168 valence electrons. The first kappa shape index (κ1) is 22.9. The van der Waals surface area contributed by atoms with Gasteiger partial charge in [-0.1, -0.05) is 42.5 Å². The summed E-state index contributed by atoms with van der Waals surface area (Å²) in [6.07, 6.45) is -2.12. The van der Waals surface area contributed by atoms with Crippen LogP contribution in [0.25, 0.3) is 0 Å². The summed E-state index contributed by atoms with van der Waals surface area (Å²) in [7, 11) is 3.41. The zero-order valence-corrected chi connectivity index (χ0v) is 17.8. The molecule has 0 unspecified atom stereocenters. The van der Waals surface area contributed by atoms with E-state index < -0.39 is 12.8 Å². The first-order valence-electron chi connectivity index (χ1n) is 10.2. The van der Waals surface area contributed by atoms with Crippen molar-refractivity contribution in [2.45, 2.75) is 37.6 Å². The van der Waals surface area contributed by atoms with E-state index in [-0.39, 0.29) is 12.0 Å². The van der Waals surface area contributed by atoms with Crippen molar-refractivity contribution in [2.24, 2.45) is 4.99 Å². The SMILES string of the molecule is CN=C(NCc1ccc(COCC(F)(F)F)cc1)NCC1(c2ccccc2OC)CC1. The average Bonchev–Trinajstić information content (AvgIpc) is 3.55. The molecule has 0 saturated heterocycles. The van der Waals surface area contributed by atoms with Crippen molar-refractivity contribution in [1.29, 1.82) is 0 Å². The number of hydrogen-bond donors (Lipinski definition) is 2. The summed E-state index contributed by atoms with van der Waals surface area (Å²) < 4.78 is 46.7. The number of aliphatic imine (C=N–C) groups is 1. The van der Waals surface area contributed by atoms with Crippen molar-refractivity contribution in [2.75, 3.05) is 27.3 Å². The van der Waals surface area contributed by atoms with Crippen molar-refractivity contribution >= 4 is 5.96 Å². The molecule has 2 aromatic carbocycles. The number of methoxy groups -OCH3 is 1. The van der Waals surface area contributed by atoms with Crippen LogP contribution in [0.2, 0.25) is 0 Å². The first-order valence-corrected chi connectivity index (χ1v) is 10.2. The molecule has 3 rings (SSSR count). The molecule has 2 N–H and O–H groups in total. The summed E-state index contributed by atoms with van der Waals surface area (Å²) in [5.74, 6) is 1.60. The molecular weight excluding hydrogens is 407 g/mol. The van der Waals surface area contributed by atoms with Crippen LogP contribution in [0, 0.1) is 0 Å². The minimum absolute atomic E-state index is 0.0578. The Morgan fingerprint density at radius 3 is 2.32 bits per heavy atom. The summed E-state index contributed by atoms with van der Waals surface area (Å²) in [4.78, 5) is 4.29. The van der Waals surface area contributed by atoms with Crippen LogP contribution < -0.4 is 15.4 Å². The largest absolute Gasteiger partial charge is 0.496 e. The lowest BCUT2D eigenvalue weighted by Crippen LogP contribution is -2.41. The second-order valence-corrected chi connectivity index (χ2v) is 7.68. The highest BCUT2D eigenvalue weighted by Gasteiger charge is 2.46. The summed E-state index contributed by atoms with van der Waals surface area (Å²) in [5, 5.41) is 6.68. The number of nitrogens with zero attached hydrogens (tertiary/aromatic N) is 1. The number of nitrogens with one attached hydrogen (secondary N) is 2. The third-order valence-electron chi connectivity index (χ3n) is 5.37. The molecule has 0 bridgehead atoms. The maximum absolute atomic E-state index is 12.2. The van der Waals surface area contributed by atoms with Crippen LogP contribution in [0.1, 0.15) is 29.5 Å². The second-order valence-electron chi connectivity index (χ2n) is 7.68. The van der Waals surface area contributed by atoms with Gasteiger partial charge in [-0.05, 0) is 30.0 Å². The number of hydrogen-bond acceptors (Lipinski definition) is 3. The second kappa shape index (κ2) is 10.0. The number of halogens is 3. The smallest absolute Gasteiger partial charge is 0.411 e. The van der Waals surface area contributed by atoms with Crippen LogP contribution in [0.3, 0.4) is 0 Å². The zero-order valence-electron chi connectivity index (χ0n) is 17.8. The quantitative estimate of drug-likeness (QED) is 0.459. The summed E-state index contributed by atoms with van der Waals surface area (Å²) in [6.45, 7) is -0.0102. The Balaban J connectivity index is 1.48. The molecule has 8 heteroatoms. The molecule has 1 saturated carbocycles. The predicted octanol–water partition coefficient (Wildman–Crippen LogP) is 4.17. The van der Waals surface area contributed by atoms with Gasteiger partial charge in [-0.25, -0.2) is 0 Å². The van der Waals surface area contributed by atoms with Gasteiger partial charge in [-0.2, -0.15) is 13.2 Å². The Morgan fingerprint density at radius 1 is 1.03 bits per heavy atom. The molecule has 0 amide bonds. The summed E-state index contributed by atoms with van der Waals surface area (Å²) in [6, 6.07) is 15.4. The molecule has 5 nitrogen and oxygen atoms in total. The monoisotopic (exact) mass is 435 g/mol. The molecule has 1 aliphatic carbocycles. The van der Waals surface area contributed by atoms with Crippen LogP contribution in [0.15, 0.2) is 53.5 Å². The van der Waals surface area contributed by atoms with Crippen LogP contribution >= 0.6 is 0 Å². The number of ether oxygens (including phenoxy) is 2. The van der Waals surface area contributed by atoms with Crippen molar-refractivity contribution in [3.8, 4) is 5.75 Å². The molecule has 0 aliphatic heterocycles. The van der Waals surface area contributed by atoms with Gasteiger partial charge in [-0.15, -0.1) is 0 Å². The van der Waals surface area contributed by atoms with Crippen molar-refractivity contribution in [3.05, 3.63) is 65.2 Å². The van der Waals surface area contributed by atoms with E-state index in [2.05, 4.69) is 26.4 Å². The van der Waals surface area contributed by atoms with Gasteiger partial charge in [-0.3, -0.25) is 4.99 Å². The van der Waals surface area contributed by atoms with Crippen molar-refractivity contribution < 1.29 is 22.6 Å². The normalized spacial score (nSPS) is 15.5. The highest BCUT2D eigenvalue weighted by molar-refractivity contribution is 5.79. The van der Waals surface area contributed by atoms with Gasteiger partial charge < -0.3 is 20.1 Å². The molecule has 0 atom stereocenters. The van der Waals surface area contributed by atoms with Crippen LogP contribution in [-0.2, 0) is 23.3 Å². The van der Waals surface area contributed by atoms with Gasteiger partial charge in [0, 0.05) is 31.1 Å². The van der Waals surface area contributed by atoms with Gasteiger partial charge >= 0.3 is 6.18 Å². The third-order valence-corrected chi connectivity index (χ3v) is 5.37. The van der Waals surface area contributed by atoms with Crippen molar-refractivity contribution in [3.63, 3.8) is 0 Å². The van der Waals surface area contributed by atoms with Gasteiger partial charge in [0.25, 0.3) is 0 Å². The minimum atomic E-state index is -4.31. The number of guanidine groups is 1. The highest BCUT2D eigenvalue weighted by Crippen LogP contribution is 2.50. The van der Waals surface area contributed by atoms with E-state index in [0.29, 0.717) is 18.1 Å². The fourth-order valence-corrected chi connectivity index (χ4v) is 3.47. The Bertz CT molecular complexity index is 878. The third kappa shape index (κ3) is 6.62. The number of rotatable bonds is 9. The fraction of sp³-hybridized carbons (Fsp3) is 0.435. The van der Waals surface area contributed by atoms with E-state index in [4.69, 9.17) is 4.74 Å². The van der Waals surface area contributed by atoms with Crippen LogP contribution in [0.5, 0.6) is 5.75 Å². The Labute approximate surface area is 180 Å². The number of para-hydroxylation sites is 1. The van der Waals surface area contributed by atoms with Gasteiger partial charge in [0.15, 0.2) is 5.96 Å². The lowest BCUT2D eigenvalue weighted by molar-refractivity contribution is -0.176. The maximum Gasteiger partial charge on any atom is 0.411 e. The number of alkyl halides is 3. The Morgan fingerprint density at radius 2 is 1.71 bits per heavy atom. The first-order chi connectivity index (χ1) is 14.8. The van der Waals surface area contributed by atoms with E-state index in [1.807, 2.05) is 30.3 Å². The molecule has 1 fully saturated rings. The van der Waals surface area contributed by atoms with Gasteiger partial charge in [0.05, 0.1) is 13.7 Å². The Kier molecular flexibility index (Phi) is 7.43. The summed E-state index contributed by atoms with van der Waals surface area (Å²) >= 11 is 0. The molecule has 0 heterocycles. The van der Waals surface area contributed by atoms with E-state index in [1.165, 1.54) is 5.56 Å². The molecule has 0 radical (unpaired) electrons. The maximum atomic E-state index is 12.2. The highest BCUT2D eigenvalue weighted by atomic mass is 19.4. The number of benzene rings is 2. The standard InChI is InChI=1S/C23H28F3N3O2/c1-27-21(29-15-22(11-12-22)19-5-3-4-6-20(19)30-2)28-13-17-7-9-18(10-8-17)14-31-16-23(24,25)26/h3-10H,11-16H2,1-2H3,(H2,27,28,29). The molecule has 31 heavy (non-hydrogen) atoms. The Hall–Kier alpha value is -2.74. The van der Waals surface area contributed by atoms with E-state index in [9.17, 15) is 13.2 Å². The van der Waals surface area contributed by atoms with Crippen LogP contribution in [-0.4, -0.2) is 39.4 Å². The topological polar surface area (TPSA) is 54.9 Å². The zero-order chi connectivity index (χ0) is 22.3. The van der Waals surface area contributed by atoms with Crippen LogP contribution in [0.4, 0.5) is 13.2 Å². The summed E-state index contributed by atoms with van der Waals surface area (Å²) in [5.41, 5.74) is 2.96. The molecule has 0 aromatic heterocycles. The van der Waals surface area contributed by atoms with Gasteiger partial charge in [0.2, 0.25) is 0 Å². The van der Waals surface area contributed by atoms with E-state index >= 15 is 0 Å². The molecule has 2 aromatic rings. The van der Waals surface area contributed by atoms with Crippen molar-refractivity contribution in [1.82, 2.24) is 10.6 Å². The minimum Gasteiger partial charge on any atom is -0.496 e. The van der Waals surface area contributed by atoms with E-state index in [0.717, 1.165) is 30.7 Å². The molecule has 1 aliphatic rings. The lowest BCUT2D eigenvalue weighted by atomic mass is 9.95. The predicted molar refractivity (Wildman–Crippen MR) is 114 cm³/mol. The van der Waals surface area contributed by atoms with E-state index in [1.54, 1.807) is 26.3 Å². The lowest BCUT2D eigenvalue weighted by Gasteiger charge is -2.21. The van der Waals surface area contributed by atoms with Gasteiger partial charge in [0.1, 0.15) is 12.4 Å². The fourth-order valence-electron chi connectivity index (χ4n) is 3.47. The molecular formula is C23H28F3N3O2. The molecule has 0 spiro atoms. The average molecular weight is 435 g/mol.